The van der Waals surface area contributed by atoms with E-state index in [1.807, 2.05) is 33.1 Å². The summed E-state index contributed by atoms with van der Waals surface area (Å²) in [4.78, 5) is 28.0. The molecule has 0 fully saturated rings. The van der Waals surface area contributed by atoms with E-state index in [0.717, 1.165) is 17.1 Å². The molecule has 1 heterocycles. The average Bonchev–Trinajstić information content (AvgIpc) is 2.87. The summed E-state index contributed by atoms with van der Waals surface area (Å²) in [6.07, 6.45) is 0.748. The molecule has 0 aliphatic rings. The van der Waals surface area contributed by atoms with E-state index >= 15 is 0 Å². The average molecular weight is 312 g/mol. The summed E-state index contributed by atoms with van der Waals surface area (Å²) in [5.74, 6) is -0.507. The molecular formula is C14H24N4O2S. The molecule has 0 aromatic carbocycles. The van der Waals surface area contributed by atoms with Crippen molar-refractivity contribution in [3.8, 4) is 0 Å². The van der Waals surface area contributed by atoms with Crippen LogP contribution < -0.4 is 16.4 Å². The highest BCUT2D eigenvalue weighted by Gasteiger charge is 2.19. The van der Waals surface area contributed by atoms with E-state index in [2.05, 4.69) is 15.6 Å². The van der Waals surface area contributed by atoms with E-state index in [1.165, 1.54) is 11.3 Å². The third-order valence-corrected chi connectivity index (χ3v) is 4.20. The van der Waals surface area contributed by atoms with Crippen LogP contribution in [0, 0.1) is 12.8 Å². The second-order valence-corrected chi connectivity index (χ2v) is 6.23. The maximum Gasteiger partial charge on any atom is 0.239 e. The Labute approximate surface area is 129 Å². The molecule has 0 aliphatic heterocycles. The summed E-state index contributed by atoms with van der Waals surface area (Å²) in [5.41, 5.74) is 6.66. The fourth-order valence-corrected chi connectivity index (χ4v) is 2.63. The van der Waals surface area contributed by atoms with E-state index in [-0.39, 0.29) is 30.3 Å². The predicted molar refractivity (Wildman–Crippen MR) is 83.8 cm³/mol. The fraction of sp³-hybridized carbons (Fsp3) is 0.643. The molecule has 1 rings (SSSR count). The molecule has 1 aromatic heterocycles. The number of aryl methyl sites for hydroxylation is 1. The van der Waals surface area contributed by atoms with Crippen LogP contribution >= 0.6 is 11.3 Å². The molecule has 2 amide bonds. The topological polar surface area (TPSA) is 97.1 Å². The van der Waals surface area contributed by atoms with E-state index < -0.39 is 6.04 Å². The Kier molecular flexibility index (Phi) is 6.77. The lowest BCUT2D eigenvalue weighted by atomic mass is 10.1. The fourth-order valence-electron chi connectivity index (χ4n) is 1.70. The van der Waals surface area contributed by atoms with Gasteiger partial charge < -0.3 is 16.4 Å². The Hall–Kier alpha value is -1.47. The highest BCUT2D eigenvalue weighted by molar-refractivity contribution is 7.09. The number of carbonyl (C=O) groups excluding carboxylic acids is 2. The van der Waals surface area contributed by atoms with Crippen LogP contribution in [0.4, 0.5) is 0 Å². The molecule has 1 unspecified atom stereocenters. The first-order chi connectivity index (χ1) is 9.85. The zero-order valence-electron chi connectivity index (χ0n) is 13.0. The number of rotatable bonds is 7. The Morgan fingerprint density at radius 2 is 2.10 bits per heavy atom. The molecule has 0 radical (unpaired) electrons. The van der Waals surface area contributed by atoms with Crippen molar-refractivity contribution < 1.29 is 9.59 Å². The first kappa shape index (κ1) is 17.6. The molecule has 118 valence electrons. The molecule has 7 heteroatoms. The zero-order chi connectivity index (χ0) is 16.0. The van der Waals surface area contributed by atoms with Gasteiger partial charge in [0.2, 0.25) is 11.8 Å². The summed E-state index contributed by atoms with van der Waals surface area (Å²) in [5, 5.41) is 8.26. The first-order valence-electron chi connectivity index (χ1n) is 7.09. The minimum absolute atomic E-state index is 0.0368. The molecule has 4 N–H and O–H groups in total. The van der Waals surface area contributed by atoms with E-state index in [4.69, 9.17) is 5.73 Å². The van der Waals surface area contributed by atoms with Gasteiger partial charge in [-0.1, -0.05) is 20.8 Å². The lowest BCUT2D eigenvalue weighted by Crippen LogP contribution is -2.47. The smallest absolute Gasteiger partial charge is 0.239 e. The number of nitrogens with one attached hydrogen (secondary N) is 2. The molecule has 0 bridgehead atoms. The maximum absolute atomic E-state index is 11.9. The number of amides is 2. The number of hydrogen-bond donors (Lipinski definition) is 3. The molecule has 21 heavy (non-hydrogen) atoms. The Morgan fingerprint density at radius 1 is 1.43 bits per heavy atom. The first-order valence-corrected chi connectivity index (χ1v) is 7.97. The summed E-state index contributed by atoms with van der Waals surface area (Å²) in [6.45, 7) is 7.56. The van der Waals surface area contributed by atoms with Crippen LogP contribution in [0.2, 0.25) is 0 Å². The van der Waals surface area contributed by atoms with E-state index in [0.29, 0.717) is 0 Å². The van der Waals surface area contributed by atoms with Gasteiger partial charge in [0, 0.05) is 11.1 Å². The summed E-state index contributed by atoms with van der Waals surface area (Å²) in [7, 11) is 0. The van der Waals surface area contributed by atoms with Crippen molar-refractivity contribution in [3.05, 3.63) is 16.1 Å². The van der Waals surface area contributed by atoms with Crippen LogP contribution in [0.5, 0.6) is 0 Å². The molecular weight excluding hydrogens is 288 g/mol. The zero-order valence-corrected chi connectivity index (χ0v) is 13.8. The molecule has 0 spiro atoms. The highest BCUT2D eigenvalue weighted by atomic mass is 32.1. The van der Waals surface area contributed by atoms with Crippen LogP contribution in [0.25, 0.3) is 0 Å². The van der Waals surface area contributed by atoms with Crippen molar-refractivity contribution in [2.75, 3.05) is 6.54 Å². The maximum atomic E-state index is 11.9. The number of nitrogens with zero attached hydrogens (tertiary/aromatic N) is 1. The summed E-state index contributed by atoms with van der Waals surface area (Å²) in [6, 6.07) is -0.715. The predicted octanol–water partition coefficient (Wildman–Crippen LogP) is 1.12. The number of aromatic nitrogens is 1. The molecule has 1 aromatic rings. The van der Waals surface area contributed by atoms with Crippen LogP contribution in [0.15, 0.2) is 5.38 Å². The van der Waals surface area contributed by atoms with E-state index in [1.54, 1.807) is 0 Å². The van der Waals surface area contributed by atoms with Gasteiger partial charge in [0.15, 0.2) is 0 Å². The minimum Gasteiger partial charge on any atom is -0.346 e. The van der Waals surface area contributed by atoms with Crippen molar-refractivity contribution in [1.82, 2.24) is 15.6 Å². The van der Waals surface area contributed by atoms with Crippen molar-refractivity contribution in [3.63, 3.8) is 0 Å². The highest BCUT2D eigenvalue weighted by Crippen LogP contribution is 2.20. The van der Waals surface area contributed by atoms with Gasteiger partial charge >= 0.3 is 0 Å². The number of thiazole rings is 1. The summed E-state index contributed by atoms with van der Waals surface area (Å²) >= 11 is 1.52. The summed E-state index contributed by atoms with van der Waals surface area (Å²) < 4.78 is 0. The van der Waals surface area contributed by atoms with Crippen molar-refractivity contribution >= 4 is 23.2 Å². The normalized spacial score (nSPS) is 13.8. The van der Waals surface area contributed by atoms with Gasteiger partial charge in [-0.15, -0.1) is 11.3 Å². The Balaban J connectivity index is 2.47. The standard InChI is InChI=1S/C14H24N4O2S/c1-5-10(14-17-9(4)7-21-14)18-11(19)6-16-13(20)12(15)8(2)3/h7-8,10,12H,5-6,15H2,1-4H3,(H,16,20)(H,18,19)/t10?,12-/m0/s1. The Bertz CT molecular complexity index is 487. The van der Waals surface area contributed by atoms with Crippen molar-refractivity contribution in [2.24, 2.45) is 11.7 Å². The van der Waals surface area contributed by atoms with E-state index in [9.17, 15) is 9.59 Å². The van der Waals surface area contributed by atoms with Crippen LogP contribution in [-0.2, 0) is 9.59 Å². The lowest BCUT2D eigenvalue weighted by molar-refractivity contribution is -0.127. The van der Waals surface area contributed by atoms with Crippen molar-refractivity contribution in [2.45, 2.75) is 46.2 Å². The lowest BCUT2D eigenvalue weighted by Gasteiger charge is -2.17. The van der Waals surface area contributed by atoms with Gasteiger partial charge in [0.1, 0.15) is 5.01 Å². The monoisotopic (exact) mass is 312 g/mol. The van der Waals surface area contributed by atoms with Gasteiger partial charge in [-0.25, -0.2) is 4.98 Å². The van der Waals surface area contributed by atoms with Gasteiger partial charge in [-0.2, -0.15) is 0 Å². The van der Waals surface area contributed by atoms with Gasteiger partial charge in [-0.05, 0) is 19.3 Å². The minimum atomic E-state index is -0.596. The molecule has 6 nitrogen and oxygen atoms in total. The van der Waals surface area contributed by atoms with Gasteiger partial charge in [-0.3, -0.25) is 9.59 Å². The third kappa shape index (κ3) is 5.43. The van der Waals surface area contributed by atoms with Crippen molar-refractivity contribution in [1.29, 1.82) is 0 Å². The molecule has 0 saturated heterocycles. The number of hydrogen-bond acceptors (Lipinski definition) is 5. The second-order valence-electron chi connectivity index (χ2n) is 5.34. The number of nitrogens with two attached hydrogens (primary N) is 1. The molecule has 0 saturated carbocycles. The molecule has 2 atom stereocenters. The SMILES string of the molecule is CCC(NC(=O)CNC(=O)[C@@H](N)C(C)C)c1nc(C)cs1. The number of carbonyl (C=O) groups is 2. The third-order valence-electron chi connectivity index (χ3n) is 3.12. The Morgan fingerprint density at radius 3 is 2.57 bits per heavy atom. The van der Waals surface area contributed by atoms with Crippen LogP contribution in [0.1, 0.15) is 43.9 Å². The largest absolute Gasteiger partial charge is 0.346 e. The van der Waals surface area contributed by atoms with Gasteiger partial charge in [0.25, 0.3) is 0 Å². The second kappa shape index (κ2) is 8.09. The molecule has 0 aliphatic carbocycles. The van der Waals surface area contributed by atoms with Crippen LogP contribution in [-0.4, -0.2) is 29.4 Å². The quantitative estimate of drug-likeness (QED) is 0.703. The van der Waals surface area contributed by atoms with Gasteiger partial charge in [0.05, 0.1) is 18.6 Å². The van der Waals surface area contributed by atoms with Crippen LogP contribution in [0.3, 0.4) is 0 Å².